The Morgan fingerprint density at radius 3 is 2.38 bits per heavy atom. The molecule has 130 valence electrons. The largest absolute Gasteiger partial charge is 0.294 e. The summed E-state index contributed by atoms with van der Waals surface area (Å²) in [4.78, 5) is 26.7. The zero-order valence-electron chi connectivity index (χ0n) is 14.2. The van der Waals surface area contributed by atoms with Crippen LogP contribution in [0.4, 0.5) is 0 Å². The number of nitrogens with zero attached hydrogens (tertiary/aromatic N) is 3. The van der Waals surface area contributed by atoms with E-state index < -0.39 is 0 Å². The molecule has 0 unspecified atom stereocenters. The number of pyridine rings is 1. The lowest BCUT2D eigenvalue weighted by molar-refractivity contribution is 0.101. The quantitative estimate of drug-likeness (QED) is 0.303. The van der Waals surface area contributed by atoms with Gasteiger partial charge in [-0.1, -0.05) is 35.3 Å². The van der Waals surface area contributed by atoms with E-state index in [-0.39, 0.29) is 5.78 Å². The Kier molecular flexibility index (Phi) is 4.18. The van der Waals surface area contributed by atoms with Gasteiger partial charge < -0.3 is 0 Å². The van der Waals surface area contributed by atoms with Crippen molar-refractivity contribution in [3.8, 4) is 11.1 Å². The number of thiophene rings is 1. The first kappa shape index (κ1) is 17.3. The van der Waals surface area contributed by atoms with Gasteiger partial charge in [-0.25, -0.2) is 15.0 Å². The van der Waals surface area contributed by atoms with Crippen LogP contribution < -0.4 is 0 Å². The minimum Gasteiger partial charge on any atom is -0.294 e. The third-order valence-corrected chi connectivity index (χ3v) is 5.92. The maximum atomic E-state index is 12.4. The van der Waals surface area contributed by atoms with Crippen molar-refractivity contribution in [3.63, 3.8) is 0 Å². The maximum Gasteiger partial charge on any atom is 0.162 e. The zero-order chi connectivity index (χ0) is 18.6. The van der Waals surface area contributed by atoms with E-state index in [0.29, 0.717) is 27.3 Å². The van der Waals surface area contributed by atoms with Gasteiger partial charge in [-0.3, -0.25) is 4.79 Å². The SMILES string of the molecule is CC(=O)c1c(C)nc2sc3c(Cl)nc(C)nc3c2c1-c1ccc(Cl)cc1. The molecule has 3 aromatic heterocycles. The van der Waals surface area contributed by atoms with E-state index in [2.05, 4.69) is 15.0 Å². The molecule has 0 saturated heterocycles. The molecule has 0 saturated carbocycles. The van der Waals surface area contributed by atoms with E-state index in [1.807, 2.05) is 31.2 Å². The van der Waals surface area contributed by atoms with Gasteiger partial charge in [-0.05, 0) is 38.5 Å². The van der Waals surface area contributed by atoms with Crippen LogP contribution in [-0.4, -0.2) is 20.7 Å². The fourth-order valence-corrected chi connectivity index (χ4v) is 4.70. The van der Waals surface area contributed by atoms with Crippen LogP contribution in [0.25, 0.3) is 31.6 Å². The third-order valence-electron chi connectivity index (χ3n) is 4.20. The molecule has 0 N–H and O–H groups in total. The first-order valence-corrected chi connectivity index (χ1v) is 9.48. The van der Waals surface area contributed by atoms with Crippen molar-refractivity contribution >= 4 is 60.8 Å². The molecule has 0 amide bonds. The summed E-state index contributed by atoms with van der Waals surface area (Å²) in [5.41, 5.74) is 3.70. The summed E-state index contributed by atoms with van der Waals surface area (Å²) in [6, 6.07) is 7.43. The highest BCUT2D eigenvalue weighted by Gasteiger charge is 2.23. The first-order chi connectivity index (χ1) is 12.4. The van der Waals surface area contributed by atoms with Crippen LogP contribution in [0.15, 0.2) is 24.3 Å². The number of Topliss-reactive ketones (excluding diaryl/α,β-unsaturated/α-hetero) is 1. The summed E-state index contributed by atoms with van der Waals surface area (Å²) in [6.07, 6.45) is 0. The van der Waals surface area contributed by atoms with Gasteiger partial charge in [-0.2, -0.15) is 0 Å². The van der Waals surface area contributed by atoms with Gasteiger partial charge in [0.2, 0.25) is 0 Å². The molecular weight excluding hydrogens is 389 g/mol. The Morgan fingerprint density at radius 1 is 1.04 bits per heavy atom. The van der Waals surface area contributed by atoms with Crippen molar-refractivity contribution in [2.45, 2.75) is 20.8 Å². The minimum absolute atomic E-state index is 0.0434. The van der Waals surface area contributed by atoms with Crippen molar-refractivity contribution in [3.05, 3.63) is 51.5 Å². The number of hydrogen-bond acceptors (Lipinski definition) is 5. The normalized spacial score (nSPS) is 11.4. The van der Waals surface area contributed by atoms with Crippen molar-refractivity contribution in [2.24, 2.45) is 0 Å². The van der Waals surface area contributed by atoms with Crippen molar-refractivity contribution in [1.82, 2.24) is 15.0 Å². The number of ketones is 1. The summed E-state index contributed by atoms with van der Waals surface area (Å²) < 4.78 is 0.773. The fraction of sp³-hybridized carbons (Fsp3) is 0.158. The average molecular weight is 402 g/mol. The van der Waals surface area contributed by atoms with Crippen molar-refractivity contribution in [1.29, 1.82) is 0 Å². The van der Waals surface area contributed by atoms with Crippen molar-refractivity contribution in [2.75, 3.05) is 0 Å². The van der Waals surface area contributed by atoms with E-state index >= 15 is 0 Å². The Hall–Kier alpha value is -2.08. The Balaban J connectivity index is 2.26. The van der Waals surface area contributed by atoms with Crippen LogP contribution in [0.1, 0.15) is 28.8 Å². The van der Waals surface area contributed by atoms with Gasteiger partial charge in [0.15, 0.2) is 10.9 Å². The number of fused-ring (bicyclic) bond motifs is 3. The highest BCUT2D eigenvalue weighted by molar-refractivity contribution is 7.26. The van der Waals surface area contributed by atoms with Crippen LogP contribution in [0.5, 0.6) is 0 Å². The van der Waals surface area contributed by atoms with Crippen LogP contribution in [0.2, 0.25) is 10.2 Å². The lowest BCUT2D eigenvalue weighted by atomic mass is 9.94. The van der Waals surface area contributed by atoms with E-state index in [1.165, 1.54) is 11.3 Å². The van der Waals surface area contributed by atoms with E-state index in [4.69, 9.17) is 23.2 Å². The molecule has 0 bridgehead atoms. The number of halogens is 2. The Morgan fingerprint density at radius 2 is 1.73 bits per heavy atom. The number of aryl methyl sites for hydroxylation is 2. The Labute approximate surface area is 163 Å². The van der Waals surface area contributed by atoms with Crippen LogP contribution in [0.3, 0.4) is 0 Å². The number of aromatic nitrogens is 3. The highest BCUT2D eigenvalue weighted by Crippen LogP contribution is 2.43. The molecule has 7 heteroatoms. The molecule has 0 aliphatic heterocycles. The molecule has 0 radical (unpaired) electrons. The summed E-state index contributed by atoms with van der Waals surface area (Å²) in [5.74, 6) is 0.535. The molecule has 4 rings (SSSR count). The smallest absolute Gasteiger partial charge is 0.162 e. The molecule has 0 aliphatic carbocycles. The summed E-state index contributed by atoms with van der Waals surface area (Å²) in [6.45, 7) is 5.19. The van der Waals surface area contributed by atoms with Crippen LogP contribution in [0, 0.1) is 13.8 Å². The topological polar surface area (TPSA) is 55.7 Å². The first-order valence-electron chi connectivity index (χ1n) is 7.90. The second-order valence-corrected chi connectivity index (χ2v) is 7.83. The van der Waals surface area contributed by atoms with Gasteiger partial charge in [0, 0.05) is 21.5 Å². The van der Waals surface area contributed by atoms with Crippen LogP contribution >= 0.6 is 34.5 Å². The Bertz CT molecular complexity index is 1200. The molecule has 3 heterocycles. The van der Waals surface area contributed by atoms with E-state index in [0.717, 1.165) is 31.6 Å². The average Bonchev–Trinajstić information content (AvgIpc) is 2.92. The second-order valence-electron chi connectivity index (χ2n) is 6.03. The minimum atomic E-state index is -0.0434. The molecule has 1 aromatic carbocycles. The van der Waals surface area contributed by atoms with Gasteiger partial charge >= 0.3 is 0 Å². The molecule has 0 spiro atoms. The van der Waals surface area contributed by atoms with Gasteiger partial charge in [0.25, 0.3) is 0 Å². The lowest BCUT2D eigenvalue weighted by Crippen LogP contribution is -2.03. The number of carbonyl (C=O) groups excluding carboxylic acids is 1. The van der Waals surface area contributed by atoms with Gasteiger partial charge in [0.05, 0.1) is 15.9 Å². The summed E-state index contributed by atoms with van der Waals surface area (Å²) >= 11 is 13.8. The highest BCUT2D eigenvalue weighted by atomic mass is 35.5. The zero-order valence-corrected chi connectivity index (χ0v) is 16.6. The second kappa shape index (κ2) is 6.27. The van der Waals surface area contributed by atoms with Gasteiger partial charge in [0.1, 0.15) is 10.7 Å². The maximum absolute atomic E-state index is 12.4. The van der Waals surface area contributed by atoms with E-state index in [1.54, 1.807) is 13.8 Å². The molecule has 0 fully saturated rings. The number of rotatable bonds is 2. The molecular formula is C19H13Cl2N3OS. The molecule has 4 nitrogen and oxygen atoms in total. The molecule has 4 aromatic rings. The summed E-state index contributed by atoms with van der Waals surface area (Å²) in [5, 5.41) is 1.87. The summed E-state index contributed by atoms with van der Waals surface area (Å²) in [7, 11) is 0. The number of benzene rings is 1. The lowest BCUT2D eigenvalue weighted by Gasteiger charge is -2.12. The standard InChI is InChI=1S/C19H13Cl2N3OS/c1-8-13(9(2)25)14(11-4-6-12(20)7-5-11)15-16-17(26-19(15)22-8)18(21)24-10(3)23-16/h4-7H,1-3H3. The molecule has 0 aliphatic rings. The predicted octanol–water partition coefficient (Wildman–Crippen LogP) is 6.03. The number of carbonyl (C=O) groups is 1. The fourth-order valence-electron chi connectivity index (χ4n) is 3.19. The van der Waals surface area contributed by atoms with Crippen LogP contribution in [-0.2, 0) is 0 Å². The third kappa shape index (κ3) is 2.67. The van der Waals surface area contributed by atoms with Gasteiger partial charge in [-0.15, -0.1) is 11.3 Å². The number of hydrogen-bond donors (Lipinski definition) is 0. The molecule has 0 atom stereocenters. The van der Waals surface area contributed by atoms with Crippen molar-refractivity contribution < 1.29 is 4.79 Å². The predicted molar refractivity (Wildman–Crippen MR) is 108 cm³/mol. The van der Waals surface area contributed by atoms with E-state index in [9.17, 15) is 4.79 Å². The molecule has 26 heavy (non-hydrogen) atoms. The monoisotopic (exact) mass is 401 g/mol.